The smallest absolute Gasteiger partial charge is 0.240 e. The fourth-order valence-corrected chi connectivity index (χ4v) is 2.07. The lowest BCUT2D eigenvalue weighted by Crippen LogP contribution is -2.36. The molecule has 92 valence electrons. The molecular weight excluding hydrogens is 216 g/mol. The van der Waals surface area contributed by atoms with Crippen molar-refractivity contribution in [2.24, 2.45) is 0 Å². The second-order valence-corrected chi connectivity index (χ2v) is 4.12. The Balaban J connectivity index is 2.18. The van der Waals surface area contributed by atoms with Crippen LogP contribution in [0.3, 0.4) is 0 Å². The maximum Gasteiger partial charge on any atom is 0.240 e. The number of benzene rings is 1. The average Bonchev–Trinajstić information content (AvgIpc) is 2.50. The Labute approximate surface area is 102 Å². The summed E-state index contributed by atoms with van der Waals surface area (Å²) in [5, 5.41) is 3.15. The maximum atomic E-state index is 12.0. The third kappa shape index (κ3) is 2.84. The van der Waals surface area contributed by atoms with Gasteiger partial charge in [-0.05, 0) is 18.1 Å². The summed E-state index contributed by atoms with van der Waals surface area (Å²) in [7, 11) is 1.68. The second-order valence-electron chi connectivity index (χ2n) is 4.12. The molecule has 0 bridgehead atoms. The molecular formula is C13H18N2O2. The number of carbonyl (C=O) groups excluding carboxylic acids is 1. The van der Waals surface area contributed by atoms with Gasteiger partial charge < -0.3 is 15.0 Å². The molecule has 1 aliphatic heterocycles. The largest absolute Gasteiger partial charge is 0.385 e. The summed E-state index contributed by atoms with van der Waals surface area (Å²) >= 11 is 0. The van der Waals surface area contributed by atoms with Crippen molar-refractivity contribution in [2.45, 2.75) is 13.0 Å². The fraction of sp³-hybridized carbons (Fsp3) is 0.462. The van der Waals surface area contributed by atoms with Crippen LogP contribution in [0, 0.1) is 0 Å². The minimum Gasteiger partial charge on any atom is -0.385 e. The van der Waals surface area contributed by atoms with Crippen molar-refractivity contribution in [2.75, 3.05) is 31.7 Å². The third-order valence-corrected chi connectivity index (χ3v) is 2.91. The Morgan fingerprint density at radius 1 is 1.35 bits per heavy atom. The highest BCUT2D eigenvalue weighted by molar-refractivity contribution is 5.96. The van der Waals surface area contributed by atoms with E-state index in [4.69, 9.17) is 4.74 Å². The molecule has 0 atom stereocenters. The monoisotopic (exact) mass is 234 g/mol. The van der Waals surface area contributed by atoms with Crippen molar-refractivity contribution in [1.29, 1.82) is 0 Å². The molecule has 0 aromatic heterocycles. The van der Waals surface area contributed by atoms with Crippen LogP contribution in [0.15, 0.2) is 24.3 Å². The van der Waals surface area contributed by atoms with Gasteiger partial charge in [0.05, 0.1) is 6.54 Å². The molecule has 1 heterocycles. The van der Waals surface area contributed by atoms with Gasteiger partial charge in [0.1, 0.15) is 0 Å². The normalized spacial score (nSPS) is 15.6. The molecule has 4 heteroatoms. The van der Waals surface area contributed by atoms with Crippen molar-refractivity contribution in [3.05, 3.63) is 29.8 Å². The summed E-state index contributed by atoms with van der Waals surface area (Å²) < 4.78 is 5.03. The van der Waals surface area contributed by atoms with Crippen LogP contribution >= 0.6 is 0 Å². The van der Waals surface area contributed by atoms with E-state index in [0.29, 0.717) is 19.7 Å². The van der Waals surface area contributed by atoms with E-state index in [1.54, 1.807) is 7.11 Å². The lowest BCUT2D eigenvalue weighted by molar-refractivity contribution is -0.117. The van der Waals surface area contributed by atoms with Crippen molar-refractivity contribution in [3.8, 4) is 0 Å². The fourth-order valence-electron chi connectivity index (χ4n) is 2.07. The first-order valence-corrected chi connectivity index (χ1v) is 5.91. The Morgan fingerprint density at radius 3 is 3.00 bits per heavy atom. The Kier molecular flexibility index (Phi) is 4.12. The van der Waals surface area contributed by atoms with E-state index in [1.165, 1.54) is 5.56 Å². The van der Waals surface area contributed by atoms with Gasteiger partial charge in [0.25, 0.3) is 0 Å². The zero-order valence-electron chi connectivity index (χ0n) is 10.1. The number of nitrogens with one attached hydrogen (secondary N) is 1. The van der Waals surface area contributed by atoms with E-state index in [9.17, 15) is 4.79 Å². The molecule has 1 aromatic rings. The lowest BCUT2D eigenvalue weighted by atomic mass is 10.1. The Hall–Kier alpha value is -1.39. The number of hydrogen-bond acceptors (Lipinski definition) is 3. The number of hydrogen-bond donors (Lipinski definition) is 1. The van der Waals surface area contributed by atoms with Crippen LogP contribution in [0.5, 0.6) is 0 Å². The number of anilines is 1. The van der Waals surface area contributed by atoms with Gasteiger partial charge in [-0.2, -0.15) is 0 Å². The third-order valence-electron chi connectivity index (χ3n) is 2.91. The van der Waals surface area contributed by atoms with Gasteiger partial charge in [-0.15, -0.1) is 0 Å². The lowest BCUT2D eigenvalue weighted by Gasteiger charge is -2.22. The summed E-state index contributed by atoms with van der Waals surface area (Å²) in [6.45, 7) is 2.55. The molecule has 0 unspecified atom stereocenters. The number of para-hydroxylation sites is 1. The van der Waals surface area contributed by atoms with Crippen LogP contribution in [0.4, 0.5) is 5.69 Å². The Morgan fingerprint density at radius 2 is 2.18 bits per heavy atom. The maximum absolute atomic E-state index is 12.0. The van der Waals surface area contributed by atoms with Gasteiger partial charge in [0.2, 0.25) is 5.91 Å². The number of amides is 1. The van der Waals surface area contributed by atoms with Gasteiger partial charge in [0, 0.05) is 32.5 Å². The molecule has 0 saturated heterocycles. The predicted molar refractivity (Wildman–Crippen MR) is 67.0 cm³/mol. The van der Waals surface area contributed by atoms with Crippen LogP contribution in [-0.4, -0.2) is 32.7 Å². The van der Waals surface area contributed by atoms with E-state index >= 15 is 0 Å². The number of rotatable bonds is 4. The van der Waals surface area contributed by atoms with Crippen molar-refractivity contribution in [1.82, 2.24) is 5.32 Å². The summed E-state index contributed by atoms with van der Waals surface area (Å²) in [4.78, 5) is 13.8. The van der Waals surface area contributed by atoms with Crippen LogP contribution in [0.2, 0.25) is 0 Å². The number of fused-ring (bicyclic) bond motifs is 1. The number of methoxy groups -OCH3 is 1. The summed E-state index contributed by atoms with van der Waals surface area (Å²) in [5.74, 6) is 0.131. The highest BCUT2D eigenvalue weighted by Gasteiger charge is 2.20. The van der Waals surface area contributed by atoms with Crippen LogP contribution < -0.4 is 10.2 Å². The number of ether oxygens (including phenoxy) is 1. The molecule has 1 N–H and O–H groups in total. The zero-order chi connectivity index (χ0) is 12.1. The molecule has 17 heavy (non-hydrogen) atoms. The molecule has 0 fully saturated rings. The van der Waals surface area contributed by atoms with E-state index in [-0.39, 0.29) is 5.91 Å². The molecule has 0 radical (unpaired) electrons. The molecule has 4 nitrogen and oxygen atoms in total. The highest BCUT2D eigenvalue weighted by atomic mass is 16.5. The number of carbonyl (C=O) groups is 1. The Bertz CT molecular complexity index is 393. The van der Waals surface area contributed by atoms with Gasteiger partial charge in [-0.1, -0.05) is 18.2 Å². The van der Waals surface area contributed by atoms with Crippen LogP contribution in [0.25, 0.3) is 0 Å². The first-order chi connectivity index (χ1) is 8.33. The minimum absolute atomic E-state index is 0.131. The van der Waals surface area contributed by atoms with E-state index in [2.05, 4.69) is 11.4 Å². The van der Waals surface area contributed by atoms with E-state index in [0.717, 1.165) is 18.7 Å². The average molecular weight is 234 g/mol. The predicted octanol–water partition coefficient (Wildman–Crippen LogP) is 1.16. The molecule has 1 aromatic carbocycles. The molecule has 1 amide bonds. The molecule has 0 saturated carbocycles. The summed E-state index contributed by atoms with van der Waals surface area (Å²) in [6, 6.07) is 8.04. The molecule has 2 rings (SSSR count). The van der Waals surface area contributed by atoms with Crippen molar-refractivity contribution in [3.63, 3.8) is 0 Å². The zero-order valence-corrected chi connectivity index (χ0v) is 10.1. The van der Waals surface area contributed by atoms with Crippen LogP contribution in [-0.2, 0) is 16.1 Å². The number of nitrogens with zero attached hydrogens (tertiary/aromatic N) is 1. The van der Waals surface area contributed by atoms with Gasteiger partial charge >= 0.3 is 0 Å². The molecule has 0 spiro atoms. The van der Waals surface area contributed by atoms with E-state index in [1.807, 2.05) is 23.1 Å². The van der Waals surface area contributed by atoms with Gasteiger partial charge in [0.15, 0.2) is 0 Å². The van der Waals surface area contributed by atoms with Crippen LogP contribution in [0.1, 0.15) is 12.0 Å². The topological polar surface area (TPSA) is 41.6 Å². The van der Waals surface area contributed by atoms with Gasteiger partial charge in [-0.25, -0.2) is 0 Å². The second kappa shape index (κ2) is 5.80. The standard InChI is InChI=1S/C13H18N2O2/c1-17-8-4-7-15-12-6-3-2-5-11(12)9-14-10-13(15)16/h2-3,5-6,14H,4,7-10H2,1H3. The van der Waals surface area contributed by atoms with Gasteiger partial charge in [-0.3, -0.25) is 4.79 Å². The highest BCUT2D eigenvalue weighted by Crippen LogP contribution is 2.22. The quantitative estimate of drug-likeness (QED) is 0.795. The molecule has 1 aliphatic rings. The first-order valence-electron chi connectivity index (χ1n) is 5.91. The SMILES string of the molecule is COCCCN1C(=O)CNCc2ccccc21. The van der Waals surface area contributed by atoms with Crippen molar-refractivity contribution < 1.29 is 9.53 Å². The summed E-state index contributed by atoms with van der Waals surface area (Å²) in [6.07, 6.45) is 0.858. The molecule has 0 aliphatic carbocycles. The summed E-state index contributed by atoms with van der Waals surface area (Å²) in [5.41, 5.74) is 2.20. The van der Waals surface area contributed by atoms with E-state index < -0.39 is 0 Å². The first kappa shape index (κ1) is 12.1. The minimum atomic E-state index is 0.131. The van der Waals surface area contributed by atoms with Crippen molar-refractivity contribution >= 4 is 11.6 Å².